The lowest BCUT2D eigenvalue weighted by Gasteiger charge is -2.10. The Morgan fingerprint density at radius 3 is 2.62 bits per heavy atom. The van der Waals surface area contributed by atoms with Crippen molar-refractivity contribution in [3.8, 4) is 0 Å². The Morgan fingerprint density at radius 1 is 1.19 bits per heavy atom. The second kappa shape index (κ2) is 6.80. The van der Waals surface area contributed by atoms with Crippen molar-refractivity contribution in [1.29, 1.82) is 0 Å². The summed E-state index contributed by atoms with van der Waals surface area (Å²) < 4.78 is 27.8. The van der Waals surface area contributed by atoms with Crippen LogP contribution in [0.25, 0.3) is 0 Å². The zero-order valence-electron chi connectivity index (χ0n) is 12.3. The fraction of sp³-hybridized carbons (Fsp3) is 0.438. The van der Waals surface area contributed by atoms with E-state index in [0.717, 1.165) is 24.2 Å². The molecule has 5 heteroatoms. The molecule has 0 saturated carbocycles. The van der Waals surface area contributed by atoms with Crippen molar-refractivity contribution in [3.63, 3.8) is 0 Å². The topological polar surface area (TPSA) is 38.0 Å². The molecule has 0 aliphatic carbocycles. The Kier molecular flexibility index (Phi) is 5.07. The number of hydrogen-bond acceptors (Lipinski definition) is 2. The Hall–Kier alpha value is -1.75. The summed E-state index contributed by atoms with van der Waals surface area (Å²) in [5.41, 5.74) is 1.37. The highest BCUT2D eigenvalue weighted by Crippen LogP contribution is 2.14. The van der Waals surface area contributed by atoms with Crippen molar-refractivity contribution >= 4 is 0 Å². The number of halogens is 2. The minimum atomic E-state index is -0.888. The molecule has 1 heterocycles. The fourth-order valence-corrected chi connectivity index (χ4v) is 2.17. The van der Waals surface area contributed by atoms with Gasteiger partial charge in [0.2, 0.25) is 0 Å². The van der Waals surface area contributed by atoms with Crippen molar-refractivity contribution < 1.29 is 13.9 Å². The molecule has 2 rings (SSSR count). The third-order valence-corrected chi connectivity index (χ3v) is 3.61. The Labute approximate surface area is 123 Å². The van der Waals surface area contributed by atoms with Crippen LogP contribution in [0.3, 0.4) is 0 Å². The first-order valence-corrected chi connectivity index (χ1v) is 7.15. The number of rotatable bonds is 6. The van der Waals surface area contributed by atoms with Gasteiger partial charge in [0.25, 0.3) is 0 Å². The van der Waals surface area contributed by atoms with E-state index in [0.29, 0.717) is 18.0 Å². The summed E-state index contributed by atoms with van der Waals surface area (Å²) in [6, 6.07) is 5.88. The summed E-state index contributed by atoms with van der Waals surface area (Å²) in [4.78, 5) is 0. The maximum absolute atomic E-state index is 13.1. The lowest BCUT2D eigenvalue weighted by Crippen LogP contribution is -2.15. The number of aliphatic hydroxyl groups is 1. The Bertz CT molecular complexity index is 598. The summed E-state index contributed by atoms with van der Waals surface area (Å²) in [5, 5.41) is 14.5. The molecule has 0 bridgehead atoms. The molecule has 0 aliphatic heterocycles. The van der Waals surface area contributed by atoms with Crippen molar-refractivity contribution in [3.05, 3.63) is 53.4 Å². The fourth-order valence-electron chi connectivity index (χ4n) is 2.17. The molecular weight excluding hydrogens is 274 g/mol. The van der Waals surface area contributed by atoms with Crippen LogP contribution in [0.15, 0.2) is 30.5 Å². The molecule has 0 fully saturated rings. The maximum Gasteiger partial charge on any atom is 0.159 e. The average molecular weight is 294 g/mol. The first kappa shape index (κ1) is 15.6. The minimum absolute atomic E-state index is 0.271. The van der Waals surface area contributed by atoms with E-state index < -0.39 is 17.7 Å². The van der Waals surface area contributed by atoms with Gasteiger partial charge in [-0.05, 0) is 43.5 Å². The highest BCUT2D eigenvalue weighted by atomic mass is 19.2. The zero-order chi connectivity index (χ0) is 15.4. The molecular formula is C16H20F2N2O. The molecule has 3 nitrogen and oxygen atoms in total. The molecule has 1 N–H and O–H groups in total. The highest BCUT2D eigenvalue weighted by Gasteiger charge is 2.12. The smallest absolute Gasteiger partial charge is 0.159 e. The third-order valence-electron chi connectivity index (χ3n) is 3.61. The molecule has 1 aromatic heterocycles. The van der Waals surface area contributed by atoms with Gasteiger partial charge in [-0.25, -0.2) is 8.78 Å². The number of benzene rings is 1. The first-order chi connectivity index (χ1) is 9.99. The van der Waals surface area contributed by atoms with E-state index in [-0.39, 0.29) is 6.42 Å². The molecule has 1 aromatic carbocycles. The molecule has 0 aliphatic rings. The van der Waals surface area contributed by atoms with Crippen molar-refractivity contribution in [2.24, 2.45) is 0 Å². The minimum Gasteiger partial charge on any atom is -0.392 e. The lowest BCUT2D eigenvalue weighted by atomic mass is 10.0. The molecule has 0 saturated heterocycles. The molecule has 21 heavy (non-hydrogen) atoms. The Balaban J connectivity index is 1.96. The molecule has 114 valence electrons. The first-order valence-electron chi connectivity index (χ1n) is 7.15. The second-order valence-electron chi connectivity index (χ2n) is 5.35. The standard InChI is InChI=1S/C16H20F2N2O/c1-3-11(2)20-7-6-13(19-20)10-14(21)8-12-4-5-15(17)16(18)9-12/h4-7,9,11,14,21H,3,8,10H2,1-2H3. The monoisotopic (exact) mass is 294 g/mol. The van der Waals surface area contributed by atoms with Crippen LogP contribution in [-0.2, 0) is 12.8 Å². The number of aromatic nitrogens is 2. The summed E-state index contributed by atoms with van der Waals surface area (Å²) in [6.45, 7) is 4.17. The van der Waals surface area contributed by atoms with Gasteiger partial charge in [0.1, 0.15) is 0 Å². The van der Waals surface area contributed by atoms with Gasteiger partial charge in [-0.15, -0.1) is 0 Å². The maximum atomic E-state index is 13.1. The lowest BCUT2D eigenvalue weighted by molar-refractivity contribution is 0.173. The molecule has 2 aromatic rings. The van der Waals surface area contributed by atoms with Crippen LogP contribution in [0, 0.1) is 11.6 Å². The van der Waals surface area contributed by atoms with Crippen LogP contribution in [0.4, 0.5) is 8.78 Å². The van der Waals surface area contributed by atoms with Crippen LogP contribution in [0.2, 0.25) is 0 Å². The van der Waals surface area contributed by atoms with Gasteiger partial charge in [-0.1, -0.05) is 13.0 Å². The van der Waals surface area contributed by atoms with Gasteiger partial charge < -0.3 is 5.11 Å². The van der Waals surface area contributed by atoms with Gasteiger partial charge in [-0.3, -0.25) is 4.68 Å². The largest absolute Gasteiger partial charge is 0.392 e. The average Bonchev–Trinajstić information content (AvgIpc) is 2.90. The predicted molar refractivity (Wildman–Crippen MR) is 77.0 cm³/mol. The molecule has 0 spiro atoms. The number of nitrogens with zero attached hydrogens (tertiary/aromatic N) is 2. The van der Waals surface area contributed by atoms with Gasteiger partial charge in [0, 0.05) is 18.7 Å². The highest BCUT2D eigenvalue weighted by molar-refractivity contribution is 5.19. The molecule has 0 radical (unpaired) electrons. The third kappa shape index (κ3) is 4.11. The van der Waals surface area contributed by atoms with Crippen molar-refractivity contribution in [1.82, 2.24) is 9.78 Å². The molecule has 2 unspecified atom stereocenters. The summed E-state index contributed by atoms with van der Waals surface area (Å²) in [5.74, 6) is -1.76. The summed E-state index contributed by atoms with van der Waals surface area (Å²) in [7, 11) is 0. The van der Waals surface area contributed by atoms with E-state index in [1.807, 2.05) is 16.9 Å². The van der Waals surface area contributed by atoms with Crippen LogP contribution < -0.4 is 0 Å². The van der Waals surface area contributed by atoms with Gasteiger partial charge in [-0.2, -0.15) is 5.10 Å². The Morgan fingerprint density at radius 2 is 1.95 bits per heavy atom. The van der Waals surface area contributed by atoms with Crippen molar-refractivity contribution in [2.75, 3.05) is 0 Å². The second-order valence-corrected chi connectivity index (χ2v) is 5.35. The zero-order valence-corrected chi connectivity index (χ0v) is 12.3. The van der Waals surface area contributed by atoms with Crippen LogP contribution in [0.1, 0.15) is 37.6 Å². The number of aliphatic hydroxyl groups excluding tert-OH is 1. The summed E-state index contributed by atoms with van der Waals surface area (Å²) in [6.07, 6.45) is 2.87. The molecule has 2 atom stereocenters. The predicted octanol–water partition coefficient (Wildman–Crippen LogP) is 3.28. The van der Waals surface area contributed by atoms with E-state index in [2.05, 4.69) is 18.9 Å². The van der Waals surface area contributed by atoms with E-state index in [9.17, 15) is 13.9 Å². The van der Waals surface area contributed by atoms with E-state index in [1.54, 1.807) is 0 Å². The van der Waals surface area contributed by atoms with Gasteiger partial charge >= 0.3 is 0 Å². The van der Waals surface area contributed by atoms with E-state index in [4.69, 9.17) is 0 Å². The van der Waals surface area contributed by atoms with Gasteiger partial charge in [0.05, 0.1) is 11.8 Å². The van der Waals surface area contributed by atoms with Crippen LogP contribution in [-0.4, -0.2) is 21.0 Å². The summed E-state index contributed by atoms with van der Waals surface area (Å²) >= 11 is 0. The van der Waals surface area contributed by atoms with Gasteiger partial charge in [0.15, 0.2) is 11.6 Å². The van der Waals surface area contributed by atoms with Crippen LogP contribution >= 0.6 is 0 Å². The quantitative estimate of drug-likeness (QED) is 0.888. The SMILES string of the molecule is CCC(C)n1ccc(CC(O)Cc2ccc(F)c(F)c2)n1. The normalized spacial score (nSPS) is 14.1. The number of hydrogen-bond donors (Lipinski definition) is 1. The van der Waals surface area contributed by atoms with E-state index >= 15 is 0 Å². The van der Waals surface area contributed by atoms with Crippen LogP contribution in [0.5, 0.6) is 0 Å². The molecule has 0 amide bonds. The van der Waals surface area contributed by atoms with E-state index in [1.165, 1.54) is 6.07 Å². The van der Waals surface area contributed by atoms with Crippen molar-refractivity contribution in [2.45, 2.75) is 45.3 Å².